The van der Waals surface area contributed by atoms with Gasteiger partial charge in [-0.3, -0.25) is 14.5 Å². The number of H-pyrrole nitrogens is 1. The van der Waals surface area contributed by atoms with Crippen molar-refractivity contribution in [1.82, 2.24) is 14.8 Å². The monoisotopic (exact) mass is 241 g/mol. The van der Waals surface area contributed by atoms with E-state index < -0.39 is 5.97 Å². The Kier molecular flexibility index (Phi) is 2.65. The van der Waals surface area contributed by atoms with Crippen LogP contribution < -0.4 is 0 Å². The highest BCUT2D eigenvalue weighted by atomic mass is 32.1. The third-order valence-corrected chi connectivity index (χ3v) is 2.97. The van der Waals surface area contributed by atoms with E-state index in [1.54, 1.807) is 0 Å². The number of carboxylic acids is 1. The van der Waals surface area contributed by atoms with Crippen molar-refractivity contribution in [2.75, 3.05) is 0 Å². The van der Waals surface area contributed by atoms with E-state index in [0.717, 1.165) is 4.88 Å². The van der Waals surface area contributed by atoms with Gasteiger partial charge in [-0.15, -0.1) is 11.3 Å². The number of thiophene rings is 1. The van der Waals surface area contributed by atoms with Crippen LogP contribution in [0.3, 0.4) is 0 Å². The van der Waals surface area contributed by atoms with E-state index in [2.05, 4.69) is 10.2 Å². The predicted molar refractivity (Wildman–Crippen MR) is 58.4 cm³/mol. The summed E-state index contributed by atoms with van der Waals surface area (Å²) in [4.78, 5) is 11.5. The first-order valence-electron chi connectivity index (χ1n) is 4.09. The number of aromatic amines is 1. The van der Waals surface area contributed by atoms with Crippen LogP contribution in [0.1, 0.15) is 0 Å². The lowest BCUT2D eigenvalue weighted by atomic mass is 10.4. The molecule has 0 amide bonds. The van der Waals surface area contributed by atoms with E-state index in [-0.39, 0.29) is 6.54 Å². The first-order chi connectivity index (χ1) is 7.18. The quantitative estimate of drug-likeness (QED) is 0.803. The van der Waals surface area contributed by atoms with Crippen LogP contribution >= 0.6 is 23.6 Å². The van der Waals surface area contributed by atoms with Crippen molar-refractivity contribution in [2.45, 2.75) is 6.54 Å². The minimum atomic E-state index is -0.940. The molecule has 15 heavy (non-hydrogen) atoms. The second-order valence-corrected chi connectivity index (χ2v) is 4.14. The molecule has 2 rings (SSSR count). The minimum absolute atomic E-state index is 0.178. The lowest BCUT2D eigenvalue weighted by Gasteiger charge is -2.00. The molecular formula is C8H7N3O2S2. The number of aromatic nitrogens is 3. The van der Waals surface area contributed by atoms with Gasteiger partial charge in [0.2, 0.25) is 0 Å². The fourth-order valence-corrected chi connectivity index (χ4v) is 2.11. The molecular weight excluding hydrogens is 234 g/mol. The molecule has 2 heterocycles. The van der Waals surface area contributed by atoms with Crippen LogP contribution in [0.4, 0.5) is 0 Å². The second-order valence-electron chi connectivity index (χ2n) is 2.81. The lowest BCUT2D eigenvalue weighted by Crippen LogP contribution is -2.09. The molecule has 2 aromatic rings. The highest BCUT2D eigenvalue weighted by molar-refractivity contribution is 7.71. The third-order valence-electron chi connectivity index (χ3n) is 1.79. The van der Waals surface area contributed by atoms with Crippen molar-refractivity contribution in [1.29, 1.82) is 0 Å². The van der Waals surface area contributed by atoms with Crippen molar-refractivity contribution < 1.29 is 9.90 Å². The number of nitrogens with zero attached hydrogens (tertiary/aromatic N) is 2. The number of rotatable bonds is 3. The van der Waals surface area contributed by atoms with Crippen molar-refractivity contribution >= 4 is 29.5 Å². The van der Waals surface area contributed by atoms with Gasteiger partial charge in [0.1, 0.15) is 6.54 Å². The molecule has 0 aliphatic rings. The van der Waals surface area contributed by atoms with Crippen LogP contribution in [-0.4, -0.2) is 25.8 Å². The normalized spacial score (nSPS) is 10.4. The Bertz CT molecular complexity index is 526. The molecule has 78 valence electrons. The Hall–Kier alpha value is -1.47. The van der Waals surface area contributed by atoms with Gasteiger partial charge in [0.25, 0.3) is 0 Å². The molecule has 0 radical (unpaired) electrons. The Balaban J connectivity index is 2.49. The van der Waals surface area contributed by atoms with Gasteiger partial charge < -0.3 is 5.11 Å². The van der Waals surface area contributed by atoms with E-state index in [4.69, 9.17) is 17.3 Å². The summed E-state index contributed by atoms with van der Waals surface area (Å²) in [5.74, 6) is -0.372. The number of aliphatic carboxylic acids is 1. The van der Waals surface area contributed by atoms with Gasteiger partial charge in [-0.25, -0.2) is 0 Å². The van der Waals surface area contributed by atoms with Crippen LogP contribution in [0.2, 0.25) is 0 Å². The molecule has 0 bridgehead atoms. The molecule has 5 nitrogen and oxygen atoms in total. The molecule has 0 saturated carbocycles. The Morgan fingerprint density at radius 2 is 2.53 bits per heavy atom. The van der Waals surface area contributed by atoms with Gasteiger partial charge in [-0.05, 0) is 23.7 Å². The van der Waals surface area contributed by atoms with Crippen LogP contribution in [0.15, 0.2) is 17.5 Å². The van der Waals surface area contributed by atoms with Crippen molar-refractivity contribution in [3.05, 3.63) is 22.3 Å². The summed E-state index contributed by atoms with van der Waals surface area (Å²) in [6.07, 6.45) is 0. The standard InChI is InChI=1S/C8H7N3O2S2/c12-6(13)4-11-7(9-10-8(11)14)5-2-1-3-15-5/h1-3H,4H2,(H,10,14)(H,12,13). The largest absolute Gasteiger partial charge is 0.480 e. The first kappa shape index (κ1) is 10.1. The summed E-state index contributed by atoms with van der Waals surface area (Å²) >= 11 is 6.44. The Labute approximate surface area is 94.0 Å². The van der Waals surface area contributed by atoms with E-state index in [1.807, 2.05) is 17.5 Å². The number of carbonyl (C=O) groups is 1. The minimum Gasteiger partial charge on any atom is -0.480 e. The molecule has 0 aliphatic heterocycles. The molecule has 0 aromatic carbocycles. The summed E-state index contributed by atoms with van der Waals surface area (Å²) in [7, 11) is 0. The third kappa shape index (κ3) is 1.97. The highest BCUT2D eigenvalue weighted by Gasteiger charge is 2.11. The van der Waals surface area contributed by atoms with Crippen LogP contribution in [-0.2, 0) is 11.3 Å². The first-order valence-corrected chi connectivity index (χ1v) is 5.38. The molecule has 0 aliphatic carbocycles. The predicted octanol–water partition coefficient (Wildman–Crippen LogP) is 1.75. The van der Waals surface area contributed by atoms with E-state index in [0.29, 0.717) is 10.6 Å². The fraction of sp³-hybridized carbons (Fsp3) is 0.125. The van der Waals surface area contributed by atoms with E-state index in [1.165, 1.54) is 15.9 Å². The maximum Gasteiger partial charge on any atom is 0.323 e. The van der Waals surface area contributed by atoms with Gasteiger partial charge in [0.15, 0.2) is 10.6 Å². The lowest BCUT2D eigenvalue weighted by molar-refractivity contribution is -0.137. The van der Waals surface area contributed by atoms with Crippen molar-refractivity contribution in [3.63, 3.8) is 0 Å². The summed E-state index contributed by atoms with van der Waals surface area (Å²) in [6.45, 7) is -0.178. The number of carboxylic acid groups (broad SMARTS) is 1. The second kappa shape index (κ2) is 3.95. The Morgan fingerprint density at radius 3 is 3.13 bits per heavy atom. The molecule has 7 heteroatoms. The van der Waals surface area contributed by atoms with Crippen molar-refractivity contribution in [3.8, 4) is 10.7 Å². The van der Waals surface area contributed by atoms with E-state index >= 15 is 0 Å². The number of hydrogen-bond acceptors (Lipinski definition) is 4. The van der Waals surface area contributed by atoms with Crippen LogP contribution in [0, 0.1) is 4.77 Å². The summed E-state index contributed by atoms with van der Waals surface area (Å²) in [5.41, 5.74) is 0. The SMILES string of the molecule is O=C(O)Cn1c(-c2cccs2)n[nH]c1=S. The van der Waals surface area contributed by atoms with Crippen LogP contribution in [0.25, 0.3) is 10.7 Å². The topological polar surface area (TPSA) is 70.9 Å². The molecule has 2 aromatic heterocycles. The molecule has 0 spiro atoms. The zero-order chi connectivity index (χ0) is 10.8. The van der Waals surface area contributed by atoms with Gasteiger partial charge in [0, 0.05) is 0 Å². The molecule has 0 unspecified atom stereocenters. The summed E-state index contributed by atoms with van der Waals surface area (Å²) in [6, 6.07) is 3.75. The van der Waals surface area contributed by atoms with Crippen molar-refractivity contribution in [2.24, 2.45) is 0 Å². The summed E-state index contributed by atoms with van der Waals surface area (Å²) < 4.78 is 1.78. The van der Waals surface area contributed by atoms with Gasteiger partial charge in [-0.1, -0.05) is 6.07 Å². The maximum absolute atomic E-state index is 10.6. The van der Waals surface area contributed by atoms with E-state index in [9.17, 15) is 4.79 Å². The molecule has 0 fully saturated rings. The fourth-order valence-electron chi connectivity index (χ4n) is 1.19. The van der Waals surface area contributed by atoms with Gasteiger partial charge in [0.05, 0.1) is 4.88 Å². The highest BCUT2D eigenvalue weighted by Crippen LogP contribution is 2.22. The smallest absolute Gasteiger partial charge is 0.323 e. The number of nitrogens with one attached hydrogen (secondary N) is 1. The average molecular weight is 241 g/mol. The molecule has 2 N–H and O–H groups in total. The Morgan fingerprint density at radius 1 is 1.73 bits per heavy atom. The molecule has 0 atom stereocenters. The average Bonchev–Trinajstić information content (AvgIpc) is 2.76. The summed E-state index contributed by atoms with van der Waals surface area (Å²) in [5, 5.41) is 17.2. The zero-order valence-corrected chi connectivity index (χ0v) is 9.14. The molecule has 0 saturated heterocycles. The van der Waals surface area contributed by atoms with Gasteiger partial charge >= 0.3 is 5.97 Å². The number of hydrogen-bond donors (Lipinski definition) is 2. The van der Waals surface area contributed by atoms with Crippen LogP contribution in [0.5, 0.6) is 0 Å². The maximum atomic E-state index is 10.6. The van der Waals surface area contributed by atoms with Gasteiger partial charge in [-0.2, -0.15) is 5.10 Å². The zero-order valence-electron chi connectivity index (χ0n) is 7.51.